The summed E-state index contributed by atoms with van der Waals surface area (Å²) in [5.74, 6) is -0.146. The fourth-order valence-electron chi connectivity index (χ4n) is 3.45. The van der Waals surface area contributed by atoms with Gasteiger partial charge in [-0.2, -0.15) is 0 Å². The molecule has 1 aliphatic rings. The van der Waals surface area contributed by atoms with E-state index < -0.39 is 11.3 Å². The number of piperidine rings is 1. The minimum atomic E-state index is -0.604. The lowest BCUT2D eigenvalue weighted by Gasteiger charge is -2.41. The molecule has 1 aromatic carbocycles. The van der Waals surface area contributed by atoms with Crippen LogP contribution in [0.2, 0.25) is 0 Å². The van der Waals surface area contributed by atoms with Crippen LogP contribution in [0.4, 0.5) is 4.39 Å². The topological polar surface area (TPSA) is 98.7 Å². The lowest BCUT2D eigenvalue weighted by atomic mass is 9.77. The highest BCUT2D eigenvalue weighted by molar-refractivity contribution is 5.92. The maximum Gasteiger partial charge on any atom is 0.275 e. The Morgan fingerprint density at radius 2 is 2.11 bits per heavy atom. The van der Waals surface area contributed by atoms with Gasteiger partial charge in [-0.15, -0.1) is 0 Å². The zero-order valence-corrected chi connectivity index (χ0v) is 15.1. The van der Waals surface area contributed by atoms with Gasteiger partial charge in [0.05, 0.1) is 6.61 Å². The summed E-state index contributed by atoms with van der Waals surface area (Å²) < 4.78 is 24.0. The second-order valence-corrected chi connectivity index (χ2v) is 6.97. The number of benzene rings is 1. The van der Waals surface area contributed by atoms with Gasteiger partial charge < -0.3 is 19.8 Å². The first-order valence-electron chi connectivity index (χ1n) is 8.75. The predicted octanol–water partition coefficient (Wildman–Crippen LogP) is 2.30. The van der Waals surface area contributed by atoms with Crippen molar-refractivity contribution >= 4 is 11.8 Å². The quantitative estimate of drug-likeness (QED) is 0.835. The molecular formula is C19H22FN3O4. The molecule has 8 heteroatoms. The number of carbonyl (C=O) groups excluding carboxylic acids is 2. The molecule has 0 spiro atoms. The van der Waals surface area contributed by atoms with Crippen LogP contribution in [0.15, 0.2) is 34.9 Å². The number of aryl methyl sites for hydroxylation is 1. The Kier molecular flexibility index (Phi) is 5.43. The Bertz CT molecular complexity index is 821. The summed E-state index contributed by atoms with van der Waals surface area (Å²) in [6, 6.07) is 5.66. The Hall–Kier alpha value is -2.90. The van der Waals surface area contributed by atoms with E-state index in [0.29, 0.717) is 37.6 Å². The van der Waals surface area contributed by atoms with Crippen LogP contribution < -0.4 is 10.5 Å². The van der Waals surface area contributed by atoms with Gasteiger partial charge in [0.2, 0.25) is 5.91 Å². The number of primary amides is 1. The third kappa shape index (κ3) is 4.64. The number of halogens is 1. The lowest BCUT2D eigenvalue weighted by Crippen LogP contribution is -2.50. The predicted molar refractivity (Wildman–Crippen MR) is 94.5 cm³/mol. The summed E-state index contributed by atoms with van der Waals surface area (Å²) in [4.78, 5) is 30.1. The highest BCUT2D eigenvalue weighted by atomic mass is 19.1. The zero-order valence-electron chi connectivity index (χ0n) is 15.1. The maximum absolute atomic E-state index is 13.1. The third-order valence-corrected chi connectivity index (χ3v) is 4.69. The lowest BCUT2D eigenvalue weighted by molar-refractivity contribution is -0.122. The summed E-state index contributed by atoms with van der Waals surface area (Å²) in [5.41, 5.74) is 5.09. The highest BCUT2D eigenvalue weighted by Gasteiger charge is 2.40. The van der Waals surface area contributed by atoms with E-state index in [-0.39, 0.29) is 30.4 Å². The molecule has 2 heterocycles. The van der Waals surface area contributed by atoms with Crippen molar-refractivity contribution in [3.05, 3.63) is 47.9 Å². The first kappa shape index (κ1) is 18.9. The fraction of sp³-hybridized carbons (Fsp3) is 0.421. The van der Waals surface area contributed by atoms with E-state index in [1.165, 1.54) is 30.5 Å². The third-order valence-electron chi connectivity index (χ3n) is 4.69. The Morgan fingerprint density at radius 1 is 1.37 bits per heavy atom. The molecule has 144 valence electrons. The van der Waals surface area contributed by atoms with Crippen LogP contribution in [0.5, 0.6) is 5.75 Å². The first-order chi connectivity index (χ1) is 12.9. The van der Waals surface area contributed by atoms with Crippen LogP contribution in [0, 0.1) is 18.2 Å². The van der Waals surface area contributed by atoms with Crippen molar-refractivity contribution < 1.29 is 23.1 Å². The minimum Gasteiger partial charge on any atom is -0.493 e. The van der Waals surface area contributed by atoms with E-state index in [0.717, 1.165) is 0 Å². The normalized spacial score (nSPS) is 19.7. The van der Waals surface area contributed by atoms with Gasteiger partial charge in [0.15, 0.2) is 11.6 Å². The van der Waals surface area contributed by atoms with Crippen LogP contribution in [0.25, 0.3) is 0 Å². The van der Waals surface area contributed by atoms with Gasteiger partial charge in [0, 0.05) is 31.8 Å². The van der Waals surface area contributed by atoms with Gasteiger partial charge in [-0.3, -0.25) is 9.59 Å². The summed E-state index contributed by atoms with van der Waals surface area (Å²) in [7, 11) is 0. The van der Waals surface area contributed by atoms with Crippen molar-refractivity contribution in [2.75, 3.05) is 19.7 Å². The van der Waals surface area contributed by atoms with Crippen molar-refractivity contribution in [1.82, 2.24) is 9.88 Å². The van der Waals surface area contributed by atoms with E-state index in [9.17, 15) is 14.0 Å². The van der Waals surface area contributed by atoms with Crippen molar-refractivity contribution in [1.29, 1.82) is 0 Å². The summed E-state index contributed by atoms with van der Waals surface area (Å²) in [6.07, 6.45) is 2.83. The van der Waals surface area contributed by atoms with Crippen molar-refractivity contribution in [2.45, 2.75) is 26.2 Å². The molecule has 2 aromatic rings. The average Bonchev–Trinajstić information content (AvgIpc) is 3.07. The van der Waals surface area contributed by atoms with E-state index in [1.54, 1.807) is 11.8 Å². The molecule has 2 N–H and O–H groups in total. The molecule has 1 aliphatic heterocycles. The molecular weight excluding hydrogens is 353 g/mol. The summed E-state index contributed by atoms with van der Waals surface area (Å²) in [6.45, 7) is 2.74. The Morgan fingerprint density at radius 3 is 2.74 bits per heavy atom. The second-order valence-electron chi connectivity index (χ2n) is 6.97. The van der Waals surface area contributed by atoms with E-state index in [2.05, 4.69) is 4.98 Å². The standard InChI is InChI=1S/C19H22FN3O4/c1-13-22-16(10-26-13)18(25)23-8-2-7-19(11-23,9-17(21)24)12-27-15-5-3-14(20)4-6-15/h3-6,10H,2,7-9,11-12H2,1H3,(H2,21,24)/t19-/m0/s1. The monoisotopic (exact) mass is 375 g/mol. The number of nitrogens with two attached hydrogens (primary N) is 1. The smallest absolute Gasteiger partial charge is 0.275 e. The van der Waals surface area contributed by atoms with Crippen LogP contribution in [0.3, 0.4) is 0 Å². The number of oxazole rings is 1. The number of likely N-dealkylation sites (tertiary alicyclic amines) is 1. The molecule has 7 nitrogen and oxygen atoms in total. The Labute approximate surface area is 156 Å². The van der Waals surface area contributed by atoms with Gasteiger partial charge in [-0.1, -0.05) is 0 Å². The summed E-state index contributed by atoms with van der Waals surface area (Å²) >= 11 is 0. The molecule has 1 atom stereocenters. The largest absolute Gasteiger partial charge is 0.493 e. The van der Waals surface area contributed by atoms with Crippen LogP contribution in [-0.2, 0) is 4.79 Å². The van der Waals surface area contributed by atoms with Crippen LogP contribution >= 0.6 is 0 Å². The molecule has 27 heavy (non-hydrogen) atoms. The highest BCUT2D eigenvalue weighted by Crippen LogP contribution is 2.35. The molecule has 0 unspecified atom stereocenters. The van der Waals surface area contributed by atoms with Crippen molar-refractivity contribution in [3.8, 4) is 5.75 Å². The van der Waals surface area contributed by atoms with Crippen molar-refractivity contribution in [3.63, 3.8) is 0 Å². The second kappa shape index (κ2) is 7.77. The van der Waals surface area contributed by atoms with Gasteiger partial charge in [-0.05, 0) is 37.1 Å². The molecule has 0 radical (unpaired) electrons. The molecule has 0 saturated carbocycles. The maximum atomic E-state index is 13.1. The Balaban J connectivity index is 1.74. The zero-order chi connectivity index (χ0) is 19.4. The number of amides is 2. The molecule has 0 aliphatic carbocycles. The number of carbonyl (C=O) groups is 2. The molecule has 3 rings (SSSR count). The minimum absolute atomic E-state index is 0.0931. The average molecular weight is 375 g/mol. The van der Waals surface area contributed by atoms with Gasteiger partial charge in [0.1, 0.15) is 17.8 Å². The van der Waals surface area contributed by atoms with E-state index in [4.69, 9.17) is 14.9 Å². The molecule has 1 fully saturated rings. The molecule has 1 saturated heterocycles. The van der Waals surface area contributed by atoms with Crippen molar-refractivity contribution in [2.24, 2.45) is 11.1 Å². The molecule has 0 bridgehead atoms. The number of aromatic nitrogens is 1. The first-order valence-corrected chi connectivity index (χ1v) is 8.75. The van der Waals surface area contributed by atoms with Crippen LogP contribution in [0.1, 0.15) is 35.6 Å². The molecule has 1 aromatic heterocycles. The van der Waals surface area contributed by atoms with E-state index in [1.807, 2.05) is 0 Å². The fourth-order valence-corrected chi connectivity index (χ4v) is 3.45. The number of hydrogen-bond donors (Lipinski definition) is 1. The number of ether oxygens (including phenoxy) is 1. The number of hydrogen-bond acceptors (Lipinski definition) is 5. The van der Waals surface area contributed by atoms with Gasteiger partial charge >= 0.3 is 0 Å². The molecule has 2 amide bonds. The van der Waals surface area contributed by atoms with Crippen LogP contribution in [-0.4, -0.2) is 41.4 Å². The van der Waals surface area contributed by atoms with Gasteiger partial charge in [-0.25, -0.2) is 9.37 Å². The number of rotatable bonds is 6. The van der Waals surface area contributed by atoms with Gasteiger partial charge in [0.25, 0.3) is 5.91 Å². The number of nitrogens with zero attached hydrogens (tertiary/aromatic N) is 2. The SMILES string of the molecule is Cc1nc(C(=O)N2CCC[C@](COc3ccc(F)cc3)(CC(N)=O)C2)co1. The van der Waals surface area contributed by atoms with E-state index >= 15 is 0 Å². The summed E-state index contributed by atoms with van der Waals surface area (Å²) in [5, 5.41) is 0.